The van der Waals surface area contributed by atoms with Crippen molar-refractivity contribution in [2.24, 2.45) is 0 Å². The van der Waals surface area contributed by atoms with E-state index in [2.05, 4.69) is 15.5 Å². The second kappa shape index (κ2) is 8.53. The number of alkyl carbamates (subject to hydrolysis) is 1. The third-order valence-electron chi connectivity index (χ3n) is 5.00. The highest BCUT2D eigenvalue weighted by atomic mass is 19.1. The van der Waals surface area contributed by atoms with Crippen LogP contribution in [0.3, 0.4) is 0 Å². The number of amides is 1. The molecular weight excluding hydrogens is 414 g/mol. The van der Waals surface area contributed by atoms with Gasteiger partial charge in [0.15, 0.2) is 5.65 Å². The van der Waals surface area contributed by atoms with Gasteiger partial charge in [-0.3, -0.25) is 4.40 Å². The summed E-state index contributed by atoms with van der Waals surface area (Å²) in [5.41, 5.74) is 0.149. The molecular formula is C24H24F2N4O2. The van der Waals surface area contributed by atoms with E-state index in [9.17, 15) is 13.6 Å². The van der Waals surface area contributed by atoms with Crippen LogP contribution in [0.1, 0.15) is 32.2 Å². The van der Waals surface area contributed by atoms with Gasteiger partial charge in [-0.25, -0.2) is 13.6 Å². The quantitative estimate of drug-likeness (QED) is 0.484. The zero-order chi connectivity index (χ0) is 22.9. The minimum absolute atomic E-state index is 0.0608. The number of fused-ring (bicyclic) bond motifs is 3. The number of hydrogen-bond acceptors (Lipinski definition) is 4. The Labute approximate surface area is 184 Å². The van der Waals surface area contributed by atoms with Crippen molar-refractivity contribution < 1.29 is 18.3 Å². The van der Waals surface area contributed by atoms with Crippen LogP contribution in [-0.4, -0.2) is 32.3 Å². The Kier molecular flexibility index (Phi) is 5.78. The Morgan fingerprint density at radius 3 is 2.66 bits per heavy atom. The highest BCUT2D eigenvalue weighted by molar-refractivity contribution is 5.93. The molecule has 0 unspecified atom stereocenters. The van der Waals surface area contributed by atoms with Crippen LogP contribution in [0.25, 0.3) is 16.4 Å². The average Bonchev–Trinajstić information content (AvgIpc) is 3.12. The van der Waals surface area contributed by atoms with Crippen LogP contribution < -0.4 is 5.32 Å². The van der Waals surface area contributed by atoms with Gasteiger partial charge < -0.3 is 10.1 Å². The van der Waals surface area contributed by atoms with Gasteiger partial charge in [0.25, 0.3) is 0 Å². The number of nitrogens with zero attached hydrogens (tertiary/aromatic N) is 3. The highest BCUT2D eigenvalue weighted by Gasteiger charge is 2.23. The number of aromatic nitrogens is 3. The number of carbonyl (C=O) groups excluding carboxylic acids is 1. The molecule has 0 aliphatic rings. The summed E-state index contributed by atoms with van der Waals surface area (Å²) in [5.74, 6) is -0.500. The van der Waals surface area contributed by atoms with Crippen molar-refractivity contribution in [2.75, 3.05) is 0 Å². The molecule has 0 saturated heterocycles. The fourth-order valence-electron chi connectivity index (χ4n) is 3.64. The topological polar surface area (TPSA) is 68.5 Å². The zero-order valence-corrected chi connectivity index (χ0v) is 18.1. The summed E-state index contributed by atoms with van der Waals surface area (Å²) in [5, 5.41) is 13.4. The minimum Gasteiger partial charge on any atom is -0.444 e. The molecule has 2 heterocycles. The van der Waals surface area contributed by atoms with Gasteiger partial charge >= 0.3 is 6.09 Å². The third kappa shape index (κ3) is 4.85. The highest BCUT2D eigenvalue weighted by Crippen LogP contribution is 2.20. The van der Waals surface area contributed by atoms with Crippen molar-refractivity contribution in [3.8, 4) is 0 Å². The van der Waals surface area contributed by atoms with Crippen molar-refractivity contribution in [1.29, 1.82) is 0 Å². The van der Waals surface area contributed by atoms with Crippen LogP contribution in [0.2, 0.25) is 0 Å². The number of benzene rings is 2. The predicted molar refractivity (Wildman–Crippen MR) is 117 cm³/mol. The van der Waals surface area contributed by atoms with Crippen LogP contribution in [-0.2, 0) is 17.6 Å². The maximum absolute atomic E-state index is 14.3. The standard InChI is InChI=1S/C24H24F2N4O2/c1-24(2,3)32-23(31)27-18(13-16-12-17(25)8-9-20(16)26)14-21-28-29-22-19-7-5-4-6-15(19)10-11-30(21)22/h4-12,18H,13-14H2,1-3H3,(H,27,31)/t18-/m1/s1. The number of halogens is 2. The molecule has 0 saturated carbocycles. The molecule has 0 radical (unpaired) electrons. The van der Waals surface area contributed by atoms with E-state index in [0.717, 1.165) is 29.0 Å². The summed E-state index contributed by atoms with van der Waals surface area (Å²) < 4.78 is 35.2. The summed E-state index contributed by atoms with van der Waals surface area (Å²) in [7, 11) is 0. The van der Waals surface area contributed by atoms with Gasteiger partial charge in [0.2, 0.25) is 0 Å². The summed E-state index contributed by atoms with van der Waals surface area (Å²) in [4.78, 5) is 12.4. The SMILES string of the molecule is CC(C)(C)OC(=O)N[C@H](Cc1cc(F)ccc1F)Cc1nnc2c3ccccc3ccn12. The van der Waals surface area contributed by atoms with Crippen LogP contribution >= 0.6 is 0 Å². The molecule has 32 heavy (non-hydrogen) atoms. The first-order chi connectivity index (χ1) is 15.2. The molecule has 2 aromatic heterocycles. The molecule has 0 aliphatic carbocycles. The van der Waals surface area contributed by atoms with Crippen molar-refractivity contribution in [3.05, 3.63) is 77.8 Å². The summed E-state index contributed by atoms with van der Waals surface area (Å²) in [6.07, 6.45) is 1.53. The van der Waals surface area contributed by atoms with Crippen molar-refractivity contribution in [1.82, 2.24) is 19.9 Å². The Balaban J connectivity index is 1.65. The summed E-state index contributed by atoms with van der Waals surface area (Å²) in [6, 6.07) is 12.5. The molecule has 6 nitrogen and oxygen atoms in total. The first-order valence-corrected chi connectivity index (χ1v) is 10.3. The smallest absolute Gasteiger partial charge is 0.407 e. The fourth-order valence-corrected chi connectivity index (χ4v) is 3.64. The van der Waals surface area contributed by atoms with Crippen LogP contribution in [0, 0.1) is 11.6 Å². The van der Waals surface area contributed by atoms with Crippen LogP contribution in [0.15, 0.2) is 54.7 Å². The molecule has 1 N–H and O–H groups in total. The molecule has 1 atom stereocenters. The zero-order valence-electron chi connectivity index (χ0n) is 18.1. The number of hydrogen-bond donors (Lipinski definition) is 1. The van der Waals surface area contributed by atoms with Crippen molar-refractivity contribution in [3.63, 3.8) is 0 Å². The lowest BCUT2D eigenvalue weighted by molar-refractivity contribution is 0.0503. The van der Waals surface area contributed by atoms with Gasteiger partial charge in [-0.05, 0) is 62.4 Å². The fraction of sp³-hybridized carbons (Fsp3) is 0.292. The second-order valence-corrected chi connectivity index (χ2v) is 8.70. The Morgan fingerprint density at radius 1 is 1.09 bits per heavy atom. The van der Waals surface area contributed by atoms with E-state index in [-0.39, 0.29) is 18.4 Å². The lowest BCUT2D eigenvalue weighted by Crippen LogP contribution is -2.41. The summed E-state index contributed by atoms with van der Waals surface area (Å²) in [6.45, 7) is 5.26. The number of pyridine rings is 1. The van der Waals surface area contributed by atoms with Gasteiger partial charge in [0, 0.05) is 24.0 Å². The first kappa shape index (κ1) is 21.7. The van der Waals surface area contributed by atoms with Crippen molar-refractivity contribution in [2.45, 2.75) is 45.3 Å². The Hall–Kier alpha value is -3.55. The first-order valence-electron chi connectivity index (χ1n) is 10.3. The molecule has 2 aromatic carbocycles. The minimum atomic E-state index is -0.695. The van der Waals surface area contributed by atoms with Crippen LogP contribution in [0.5, 0.6) is 0 Å². The largest absolute Gasteiger partial charge is 0.444 e. The summed E-state index contributed by atoms with van der Waals surface area (Å²) >= 11 is 0. The monoisotopic (exact) mass is 438 g/mol. The van der Waals surface area contributed by atoms with E-state index in [4.69, 9.17) is 4.74 Å². The molecule has 4 rings (SSSR count). The Bertz CT molecular complexity index is 1280. The van der Waals surface area contributed by atoms with E-state index in [1.165, 1.54) is 0 Å². The molecule has 4 aromatic rings. The molecule has 166 valence electrons. The molecule has 8 heteroatoms. The lowest BCUT2D eigenvalue weighted by atomic mass is 10.0. The van der Waals surface area contributed by atoms with Gasteiger partial charge in [-0.2, -0.15) is 0 Å². The Morgan fingerprint density at radius 2 is 1.88 bits per heavy atom. The average molecular weight is 438 g/mol. The van der Waals surface area contributed by atoms with Gasteiger partial charge in [-0.1, -0.05) is 24.3 Å². The van der Waals surface area contributed by atoms with E-state index in [1.807, 2.05) is 40.9 Å². The molecule has 0 spiro atoms. The molecule has 0 aliphatic heterocycles. The van der Waals surface area contributed by atoms with Gasteiger partial charge in [0.1, 0.15) is 23.1 Å². The number of nitrogens with one attached hydrogen (secondary N) is 1. The maximum Gasteiger partial charge on any atom is 0.407 e. The van der Waals surface area contributed by atoms with Crippen LogP contribution in [0.4, 0.5) is 13.6 Å². The van der Waals surface area contributed by atoms with E-state index in [0.29, 0.717) is 11.5 Å². The molecule has 0 bridgehead atoms. The number of carbonyl (C=O) groups is 1. The number of ether oxygens (including phenoxy) is 1. The third-order valence-corrected chi connectivity index (χ3v) is 5.00. The van der Waals surface area contributed by atoms with E-state index < -0.39 is 29.4 Å². The van der Waals surface area contributed by atoms with Gasteiger partial charge in [0.05, 0.1) is 0 Å². The van der Waals surface area contributed by atoms with Crippen molar-refractivity contribution >= 4 is 22.5 Å². The molecule has 1 amide bonds. The normalized spacial score (nSPS) is 12.8. The van der Waals surface area contributed by atoms with E-state index in [1.54, 1.807) is 20.8 Å². The van der Waals surface area contributed by atoms with Gasteiger partial charge in [-0.15, -0.1) is 10.2 Å². The second-order valence-electron chi connectivity index (χ2n) is 8.70. The number of rotatable bonds is 5. The maximum atomic E-state index is 14.3. The molecule has 0 fully saturated rings. The van der Waals surface area contributed by atoms with E-state index >= 15 is 0 Å². The predicted octanol–water partition coefficient (Wildman–Crippen LogP) is 4.84. The lowest BCUT2D eigenvalue weighted by Gasteiger charge is -2.23.